The highest BCUT2D eigenvalue weighted by atomic mass is 79.9. The molecule has 0 aliphatic heterocycles. The molecule has 0 saturated carbocycles. The van der Waals surface area contributed by atoms with E-state index in [1.54, 1.807) is 18.2 Å². The highest BCUT2D eigenvalue weighted by Gasteiger charge is 2.29. The molecule has 2 aromatic rings. The molecule has 0 fully saturated rings. The van der Waals surface area contributed by atoms with Gasteiger partial charge in [-0.1, -0.05) is 6.07 Å². The lowest BCUT2D eigenvalue weighted by Crippen LogP contribution is -2.23. The zero-order valence-corrected chi connectivity index (χ0v) is 11.6. The summed E-state index contributed by atoms with van der Waals surface area (Å²) in [6.07, 6.45) is -3.18. The number of hydrogen-bond acceptors (Lipinski definition) is 2. The van der Waals surface area contributed by atoms with Gasteiger partial charge in [0.15, 0.2) is 0 Å². The lowest BCUT2D eigenvalue weighted by Gasteiger charge is -2.11. The quantitative estimate of drug-likeness (QED) is 0.864. The normalized spacial score (nSPS) is 11.4. The summed E-state index contributed by atoms with van der Waals surface area (Å²) in [4.78, 5) is 15.9. The molecule has 0 unspecified atom stereocenters. The van der Waals surface area contributed by atoms with Crippen LogP contribution in [0.3, 0.4) is 0 Å². The minimum atomic E-state index is -4.39. The predicted octanol–water partition coefficient (Wildman–Crippen LogP) is 3.46. The molecule has 2 rings (SSSR count). The van der Waals surface area contributed by atoms with Crippen molar-refractivity contribution < 1.29 is 18.0 Å². The van der Waals surface area contributed by atoms with Crippen LogP contribution in [0, 0.1) is 0 Å². The van der Waals surface area contributed by atoms with E-state index >= 15 is 0 Å². The van der Waals surface area contributed by atoms with Crippen molar-refractivity contribution >= 4 is 27.7 Å². The van der Waals surface area contributed by atoms with Crippen LogP contribution in [0.5, 0.6) is 0 Å². The number of rotatable bonds is 3. The van der Waals surface area contributed by atoms with Crippen LogP contribution in [0.15, 0.2) is 41.1 Å². The van der Waals surface area contributed by atoms with Crippen molar-refractivity contribution in [1.82, 2.24) is 9.55 Å². The van der Waals surface area contributed by atoms with E-state index in [4.69, 9.17) is 0 Å². The van der Waals surface area contributed by atoms with Crippen molar-refractivity contribution in [2.45, 2.75) is 12.7 Å². The van der Waals surface area contributed by atoms with Gasteiger partial charge in [0, 0.05) is 6.20 Å². The Morgan fingerprint density at radius 2 is 2.05 bits per heavy atom. The molecule has 0 saturated heterocycles. The number of carbonyl (C=O) groups is 1. The number of anilines is 1. The van der Waals surface area contributed by atoms with Crippen molar-refractivity contribution in [3.8, 4) is 0 Å². The van der Waals surface area contributed by atoms with Gasteiger partial charge in [-0.25, -0.2) is 4.98 Å². The molecule has 0 aromatic carbocycles. The molecule has 106 valence electrons. The molecule has 0 aliphatic carbocycles. The summed E-state index contributed by atoms with van der Waals surface area (Å²) in [5, 5.41) is 2.44. The van der Waals surface area contributed by atoms with E-state index in [-0.39, 0.29) is 11.5 Å². The summed E-state index contributed by atoms with van der Waals surface area (Å²) in [5.74, 6) is -0.394. The molecule has 2 aromatic heterocycles. The molecule has 0 radical (unpaired) electrons. The molecule has 4 nitrogen and oxygen atoms in total. The van der Waals surface area contributed by atoms with E-state index in [1.807, 2.05) is 0 Å². The first-order valence-corrected chi connectivity index (χ1v) is 6.30. The van der Waals surface area contributed by atoms with Gasteiger partial charge in [-0.3, -0.25) is 4.79 Å². The molecule has 1 N–H and O–H groups in total. The Hall–Kier alpha value is -1.83. The Morgan fingerprint density at radius 3 is 2.70 bits per heavy atom. The minimum absolute atomic E-state index is 0.0795. The first-order chi connectivity index (χ1) is 9.35. The van der Waals surface area contributed by atoms with Crippen LogP contribution in [0.1, 0.15) is 10.5 Å². The second kappa shape index (κ2) is 5.66. The summed E-state index contributed by atoms with van der Waals surface area (Å²) in [6, 6.07) is 7.57. The van der Waals surface area contributed by atoms with Gasteiger partial charge in [-0.15, -0.1) is 0 Å². The second-order valence-electron chi connectivity index (χ2n) is 3.94. The Morgan fingerprint density at radius 1 is 1.30 bits per heavy atom. The summed E-state index contributed by atoms with van der Waals surface area (Å²) < 4.78 is 38.5. The topological polar surface area (TPSA) is 46.9 Å². The maximum absolute atomic E-state index is 12.4. The molecule has 0 spiro atoms. The van der Waals surface area contributed by atoms with Gasteiger partial charge in [0.2, 0.25) is 0 Å². The van der Waals surface area contributed by atoms with Gasteiger partial charge in [0.25, 0.3) is 5.91 Å². The van der Waals surface area contributed by atoms with Crippen molar-refractivity contribution in [2.75, 3.05) is 5.32 Å². The van der Waals surface area contributed by atoms with Crippen molar-refractivity contribution in [3.05, 3.63) is 46.8 Å². The number of nitrogens with zero attached hydrogens (tertiary/aromatic N) is 2. The highest BCUT2D eigenvalue weighted by molar-refractivity contribution is 9.10. The van der Waals surface area contributed by atoms with Crippen molar-refractivity contribution in [2.24, 2.45) is 0 Å². The van der Waals surface area contributed by atoms with Gasteiger partial charge >= 0.3 is 6.18 Å². The maximum atomic E-state index is 12.4. The van der Waals surface area contributed by atoms with E-state index in [0.717, 1.165) is 4.57 Å². The summed E-state index contributed by atoms with van der Waals surface area (Å²) in [7, 11) is 0. The average molecular weight is 348 g/mol. The third kappa shape index (κ3) is 3.83. The molecule has 1 amide bonds. The van der Waals surface area contributed by atoms with Gasteiger partial charge in [-0.05, 0) is 40.2 Å². The smallest absolute Gasteiger partial charge is 0.334 e. The van der Waals surface area contributed by atoms with Gasteiger partial charge in [0.1, 0.15) is 22.7 Å². The van der Waals surface area contributed by atoms with Crippen LogP contribution in [-0.2, 0) is 6.54 Å². The Balaban J connectivity index is 2.16. The van der Waals surface area contributed by atoms with Crippen LogP contribution in [0.2, 0.25) is 0 Å². The second-order valence-corrected chi connectivity index (χ2v) is 4.75. The number of aromatic nitrogens is 2. The largest absolute Gasteiger partial charge is 0.406 e. The van der Waals surface area contributed by atoms with E-state index in [9.17, 15) is 18.0 Å². The van der Waals surface area contributed by atoms with Crippen molar-refractivity contribution in [3.63, 3.8) is 0 Å². The number of halogens is 4. The number of hydrogen-bond donors (Lipinski definition) is 1. The Bertz CT molecular complexity index is 624. The fraction of sp³-hybridized carbons (Fsp3) is 0.167. The number of alkyl halides is 3. The van der Waals surface area contributed by atoms with E-state index in [0.29, 0.717) is 4.60 Å². The molecule has 8 heteroatoms. The Labute approximate surface area is 120 Å². The summed E-state index contributed by atoms with van der Waals surface area (Å²) in [5.41, 5.74) is -0.0795. The monoisotopic (exact) mass is 347 g/mol. The maximum Gasteiger partial charge on any atom is 0.406 e. The molecule has 0 aliphatic rings. The van der Waals surface area contributed by atoms with Crippen LogP contribution in [-0.4, -0.2) is 21.6 Å². The zero-order valence-electron chi connectivity index (χ0n) is 9.99. The fourth-order valence-corrected chi connectivity index (χ4v) is 1.95. The first-order valence-electron chi connectivity index (χ1n) is 5.51. The van der Waals surface area contributed by atoms with E-state index in [2.05, 4.69) is 26.2 Å². The Kier molecular flexibility index (Phi) is 4.12. The third-order valence-electron chi connectivity index (χ3n) is 2.37. The van der Waals surface area contributed by atoms with Crippen LogP contribution in [0.25, 0.3) is 0 Å². The lowest BCUT2D eigenvalue weighted by molar-refractivity contribution is -0.140. The molecule has 2 heterocycles. The first kappa shape index (κ1) is 14.6. The highest BCUT2D eigenvalue weighted by Crippen LogP contribution is 2.19. The number of carbonyl (C=O) groups excluding carboxylic acids is 1. The summed E-state index contributed by atoms with van der Waals surface area (Å²) in [6.45, 7) is -1.21. The van der Waals surface area contributed by atoms with Gasteiger partial charge < -0.3 is 9.88 Å². The van der Waals surface area contributed by atoms with Crippen LogP contribution in [0.4, 0.5) is 19.0 Å². The standard InChI is InChI=1S/C12H9BrF3N3O/c13-9-4-1-5-10(17-9)18-11(20)8-3-2-6-19(8)7-12(14,15)16/h1-6H,7H2,(H,17,18,20). The van der Waals surface area contributed by atoms with Gasteiger partial charge in [-0.2, -0.15) is 13.2 Å². The van der Waals surface area contributed by atoms with E-state index in [1.165, 1.54) is 18.3 Å². The summed E-state index contributed by atoms with van der Waals surface area (Å²) >= 11 is 3.14. The number of nitrogens with one attached hydrogen (secondary N) is 1. The molecular weight excluding hydrogens is 339 g/mol. The zero-order chi connectivity index (χ0) is 14.8. The van der Waals surface area contributed by atoms with E-state index < -0.39 is 18.6 Å². The fourth-order valence-electron chi connectivity index (χ4n) is 1.61. The minimum Gasteiger partial charge on any atom is -0.334 e. The lowest BCUT2D eigenvalue weighted by atomic mass is 10.3. The van der Waals surface area contributed by atoms with Crippen molar-refractivity contribution in [1.29, 1.82) is 0 Å². The molecule has 20 heavy (non-hydrogen) atoms. The third-order valence-corrected chi connectivity index (χ3v) is 2.81. The van der Waals surface area contributed by atoms with Crippen LogP contribution < -0.4 is 5.32 Å². The SMILES string of the molecule is O=C(Nc1cccc(Br)n1)c1cccn1CC(F)(F)F. The molecular formula is C12H9BrF3N3O. The average Bonchev–Trinajstić information content (AvgIpc) is 2.74. The molecule has 0 bridgehead atoms. The van der Waals surface area contributed by atoms with Crippen LogP contribution >= 0.6 is 15.9 Å². The number of amides is 1. The predicted molar refractivity (Wildman–Crippen MR) is 70.4 cm³/mol. The van der Waals surface area contributed by atoms with Gasteiger partial charge in [0.05, 0.1) is 0 Å². The molecule has 0 atom stereocenters. The number of pyridine rings is 1.